The van der Waals surface area contributed by atoms with Gasteiger partial charge in [-0.2, -0.15) is 0 Å². The van der Waals surface area contributed by atoms with E-state index in [1.165, 1.54) is 0 Å². The van der Waals surface area contributed by atoms with E-state index in [0.717, 1.165) is 6.42 Å². The Balaban J connectivity index is 2.30. The summed E-state index contributed by atoms with van der Waals surface area (Å²) in [7, 11) is 0. The molecule has 0 heterocycles. The number of hydrogen-bond acceptors (Lipinski definition) is 4. The minimum absolute atomic E-state index is 0.0429. The molecule has 0 aliphatic carbocycles. The molecule has 0 fully saturated rings. The van der Waals surface area contributed by atoms with Gasteiger partial charge in [0.1, 0.15) is 0 Å². The van der Waals surface area contributed by atoms with Crippen LogP contribution in [-0.2, 0) is 4.79 Å². The predicted octanol–water partition coefficient (Wildman–Crippen LogP) is 1.74. The van der Waals surface area contributed by atoms with Crippen molar-refractivity contribution in [1.29, 1.82) is 0 Å². The summed E-state index contributed by atoms with van der Waals surface area (Å²) in [6.07, 6.45) is 1.09. The van der Waals surface area contributed by atoms with Crippen LogP contribution in [0.4, 0.5) is 0 Å². The predicted molar refractivity (Wildman–Crippen MR) is 77.0 cm³/mol. The number of carbonyl (C=O) groups excluding carboxylic acids is 1. The second kappa shape index (κ2) is 9.20. The zero-order valence-electron chi connectivity index (χ0n) is 12.1. The van der Waals surface area contributed by atoms with E-state index in [0.29, 0.717) is 31.1 Å². The number of benzene rings is 1. The Labute approximate surface area is 119 Å². The highest BCUT2D eigenvalue weighted by Crippen LogP contribution is 2.26. The molecule has 0 radical (unpaired) electrons. The molecule has 1 aromatic carbocycles. The van der Waals surface area contributed by atoms with Crippen LogP contribution in [0.2, 0.25) is 0 Å². The van der Waals surface area contributed by atoms with Crippen molar-refractivity contribution in [2.24, 2.45) is 0 Å². The Bertz CT molecular complexity index is 407. The van der Waals surface area contributed by atoms with Gasteiger partial charge in [0.15, 0.2) is 18.1 Å². The normalized spacial score (nSPS) is 11.8. The van der Waals surface area contributed by atoms with E-state index >= 15 is 0 Å². The number of nitrogens with one attached hydrogen (secondary N) is 1. The number of aliphatic hydroxyl groups is 1. The first-order chi connectivity index (χ1) is 9.63. The Morgan fingerprint density at radius 3 is 2.55 bits per heavy atom. The summed E-state index contributed by atoms with van der Waals surface area (Å²) >= 11 is 0. The van der Waals surface area contributed by atoms with E-state index in [1.807, 2.05) is 19.1 Å². The third kappa shape index (κ3) is 6.43. The summed E-state index contributed by atoms with van der Waals surface area (Å²) in [5.41, 5.74) is 0. The van der Waals surface area contributed by atoms with Crippen molar-refractivity contribution in [2.75, 3.05) is 19.8 Å². The highest BCUT2D eigenvalue weighted by molar-refractivity contribution is 5.77. The van der Waals surface area contributed by atoms with E-state index < -0.39 is 0 Å². The lowest BCUT2D eigenvalue weighted by Gasteiger charge is -2.11. The monoisotopic (exact) mass is 281 g/mol. The van der Waals surface area contributed by atoms with Crippen molar-refractivity contribution in [3.8, 4) is 11.5 Å². The summed E-state index contributed by atoms with van der Waals surface area (Å²) < 4.78 is 10.9. The molecule has 0 aliphatic heterocycles. The summed E-state index contributed by atoms with van der Waals surface area (Å²) in [4.78, 5) is 11.6. The molecule has 112 valence electrons. The van der Waals surface area contributed by atoms with E-state index in [-0.39, 0.29) is 18.6 Å². The Hall–Kier alpha value is -1.75. The molecule has 5 heteroatoms. The highest BCUT2D eigenvalue weighted by atomic mass is 16.5. The second-order valence-electron chi connectivity index (χ2n) is 4.51. The molecule has 1 amide bonds. The third-order valence-corrected chi connectivity index (χ3v) is 2.63. The van der Waals surface area contributed by atoms with Gasteiger partial charge < -0.3 is 19.9 Å². The molecule has 1 aromatic rings. The average Bonchev–Trinajstić information content (AvgIpc) is 2.43. The Morgan fingerprint density at radius 2 is 1.95 bits per heavy atom. The maximum Gasteiger partial charge on any atom is 0.257 e. The fourth-order valence-corrected chi connectivity index (χ4v) is 1.66. The molecule has 0 aromatic heterocycles. The van der Waals surface area contributed by atoms with Crippen molar-refractivity contribution in [3.05, 3.63) is 24.3 Å². The quantitative estimate of drug-likeness (QED) is 0.677. The molecule has 0 saturated carbocycles. The van der Waals surface area contributed by atoms with Crippen molar-refractivity contribution < 1.29 is 19.4 Å². The first-order valence-electron chi connectivity index (χ1n) is 6.93. The van der Waals surface area contributed by atoms with Gasteiger partial charge in [-0.05, 0) is 38.8 Å². The first-order valence-corrected chi connectivity index (χ1v) is 6.93. The Kier molecular flexibility index (Phi) is 7.50. The minimum Gasteiger partial charge on any atom is -0.490 e. The lowest BCUT2D eigenvalue weighted by Crippen LogP contribution is -2.30. The molecule has 1 unspecified atom stereocenters. The van der Waals surface area contributed by atoms with Crippen molar-refractivity contribution in [1.82, 2.24) is 5.32 Å². The maximum atomic E-state index is 11.6. The summed E-state index contributed by atoms with van der Waals surface area (Å²) in [5, 5.41) is 11.8. The van der Waals surface area contributed by atoms with Gasteiger partial charge in [-0.1, -0.05) is 12.1 Å². The first kappa shape index (κ1) is 16.3. The van der Waals surface area contributed by atoms with Gasteiger partial charge >= 0.3 is 0 Å². The van der Waals surface area contributed by atoms with Crippen LogP contribution in [0.5, 0.6) is 11.5 Å². The van der Waals surface area contributed by atoms with Gasteiger partial charge in [-0.25, -0.2) is 0 Å². The highest BCUT2D eigenvalue weighted by Gasteiger charge is 2.07. The largest absolute Gasteiger partial charge is 0.490 e. The van der Waals surface area contributed by atoms with Gasteiger partial charge in [0.2, 0.25) is 0 Å². The van der Waals surface area contributed by atoms with E-state index in [4.69, 9.17) is 14.6 Å². The van der Waals surface area contributed by atoms with E-state index in [2.05, 4.69) is 5.32 Å². The lowest BCUT2D eigenvalue weighted by molar-refractivity contribution is -0.123. The molecule has 1 rings (SSSR count). The van der Waals surface area contributed by atoms with Gasteiger partial charge in [-0.15, -0.1) is 0 Å². The molecule has 1 atom stereocenters. The van der Waals surface area contributed by atoms with Crippen LogP contribution in [-0.4, -0.2) is 36.9 Å². The van der Waals surface area contributed by atoms with Crippen molar-refractivity contribution in [3.63, 3.8) is 0 Å². The third-order valence-electron chi connectivity index (χ3n) is 2.63. The van der Waals surface area contributed by atoms with Crippen molar-refractivity contribution in [2.45, 2.75) is 32.8 Å². The molecule has 5 nitrogen and oxygen atoms in total. The second-order valence-corrected chi connectivity index (χ2v) is 4.51. The molecular formula is C15H23NO4. The average molecular weight is 281 g/mol. The van der Waals surface area contributed by atoms with Gasteiger partial charge in [0.25, 0.3) is 5.91 Å². The van der Waals surface area contributed by atoms with Crippen molar-refractivity contribution >= 4 is 5.91 Å². The number of amides is 1. The van der Waals surface area contributed by atoms with Gasteiger partial charge in [0.05, 0.1) is 12.7 Å². The van der Waals surface area contributed by atoms with Crippen LogP contribution in [0.3, 0.4) is 0 Å². The lowest BCUT2D eigenvalue weighted by atomic mass is 10.2. The Morgan fingerprint density at radius 1 is 1.30 bits per heavy atom. The van der Waals surface area contributed by atoms with Crippen LogP contribution >= 0.6 is 0 Å². The van der Waals surface area contributed by atoms with Crippen LogP contribution in [0.1, 0.15) is 26.7 Å². The summed E-state index contributed by atoms with van der Waals surface area (Å²) in [5.74, 6) is 1.02. The SMILES string of the molecule is CCOc1ccccc1OCC(=O)NCCCC(C)O. The van der Waals surface area contributed by atoms with Gasteiger partial charge in [-0.3, -0.25) is 4.79 Å². The van der Waals surface area contributed by atoms with Gasteiger partial charge in [0, 0.05) is 6.54 Å². The molecule has 0 aliphatic rings. The number of ether oxygens (including phenoxy) is 2. The maximum absolute atomic E-state index is 11.6. The number of hydrogen-bond donors (Lipinski definition) is 2. The number of para-hydroxylation sites is 2. The summed E-state index contributed by atoms with van der Waals surface area (Å²) in [6, 6.07) is 7.26. The fourth-order valence-electron chi connectivity index (χ4n) is 1.66. The molecule has 0 spiro atoms. The zero-order chi connectivity index (χ0) is 14.8. The topological polar surface area (TPSA) is 67.8 Å². The molecule has 20 heavy (non-hydrogen) atoms. The summed E-state index contributed by atoms with van der Waals surface area (Å²) in [6.45, 7) is 4.67. The number of aliphatic hydroxyl groups excluding tert-OH is 1. The zero-order valence-corrected chi connectivity index (χ0v) is 12.1. The van der Waals surface area contributed by atoms with Crippen LogP contribution in [0.15, 0.2) is 24.3 Å². The molecule has 0 saturated heterocycles. The van der Waals surface area contributed by atoms with Crippen LogP contribution in [0.25, 0.3) is 0 Å². The van der Waals surface area contributed by atoms with Crippen LogP contribution in [0, 0.1) is 0 Å². The van der Waals surface area contributed by atoms with Crippen LogP contribution < -0.4 is 14.8 Å². The number of carbonyl (C=O) groups is 1. The fraction of sp³-hybridized carbons (Fsp3) is 0.533. The molecule has 2 N–H and O–H groups in total. The molecular weight excluding hydrogens is 258 g/mol. The van der Waals surface area contributed by atoms with E-state index in [1.54, 1.807) is 19.1 Å². The standard InChI is InChI=1S/C15H23NO4/c1-3-19-13-8-4-5-9-14(13)20-11-15(18)16-10-6-7-12(2)17/h4-5,8-9,12,17H,3,6-7,10-11H2,1-2H3,(H,16,18). The van der Waals surface area contributed by atoms with E-state index in [9.17, 15) is 4.79 Å². The minimum atomic E-state index is -0.332. The number of rotatable bonds is 9. The molecule has 0 bridgehead atoms. The smallest absolute Gasteiger partial charge is 0.257 e.